The van der Waals surface area contributed by atoms with Gasteiger partial charge in [-0.15, -0.1) is 0 Å². The van der Waals surface area contributed by atoms with Gasteiger partial charge < -0.3 is 15.5 Å². The van der Waals surface area contributed by atoms with Gasteiger partial charge in [0.15, 0.2) is 0 Å². The summed E-state index contributed by atoms with van der Waals surface area (Å²) >= 11 is 0. The number of aliphatic hydroxyl groups is 2. The Balaban J connectivity index is 3.28. The summed E-state index contributed by atoms with van der Waals surface area (Å²) in [5.74, 6) is -0.0721. The highest BCUT2D eigenvalue weighted by atomic mass is 16.3. The van der Waals surface area contributed by atoms with Crippen molar-refractivity contribution < 1.29 is 15.0 Å². The summed E-state index contributed by atoms with van der Waals surface area (Å²) in [4.78, 5) is 12.3. The van der Waals surface area contributed by atoms with Gasteiger partial charge in [-0.25, -0.2) is 0 Å². The van der Waals surface area contributed by atoms with E-state index in [2.05, 4.69) is 31.3 Å². The molecule has 0 aliphatic heterocycles. The molecule has 0 fully saturated rings. The molecule has 0 saturated carbocycles. The van der Waals surface area contributed by atoms with Crippen LogP contribution in [0.2, 0.25) is 0 Å². The van der Waals surface area contributed by atoms with Crippen LogP contribution in [0.25, 0.3) is 0 Å². The number of aliphatic hydroxyl groups excluding tert-OH is 2. The Bertz CT molecular complexity index is 886. The van der Waals surface area contributed by atoms with Crippen LogP contribution in [-0.2, 0) is 4.79 Å². The minimum absolute atomic E-state index is 0.0721. The molecular formula is C57H111NO3. The highest BCUT2D eigenvalue weighted by molar-refractivity contribution is 5.76. The molecule has 2 unspecified atom stereocenters. The molecule has 0 aliphatic rings. The molecule has 2 atom stereocenters. The van der Waals surface area contributed by atoms with Crippen molar-refractivity contribution in [3.8, 4) is 0 Å². The summed E-state index contributed by atoms with van der Waals surface area (Å²) < 4.78 is 0. The van der Waals surface area contributed by atoms with Crippen LogP contribution in [-0.4, -0.2) is 34.9 Å². The van der Waals surface area contributed by atoms with E-state index in [4.69, 9.17) is 0 Å². The van der Waals surface area contributed by atoms with Gasteiger partial charge in [0, 0.05) is 6.42 Å². The first kappa shape index (κ1) is 59.9. The van der Waals surface area contributed by atoms with Crippen LogP contribution in [0, 0.1) is 0 Å². The lowest BCUT2D eigenvalue weighted by Crippen LogP contribution is -2.45. The van der Waals surface area contributed by atoms with Gasteiger partial charge in [-0.05, 0) is 25.7 Å². The first-order valence-corrected chi connectivity index (χ1v) is 28.1. The first-order chi connectivity index (χ1) is 30.2. The Hall–Kier alpha value is -1.13. The Morgan fingerprint density at radius 1 is 0.377 bits per heavy atom. The monoisotopic (exact) mass is 858 g/mol. The van der Waals surface area contributed by atoms with Crippen LogP contribution in [0.1, 0.15) is 316 Å². The van der Waals surface area contributed by atoms with Crippen molar-refractivity contribution in [2.24, 2.45) is 0 Å². The number of nitrogens with one attached hydrogen (secondary N) is 1. The van der Waals surface area contributed by atoms with Crippen LogP contribution in [0.3, 0.4) is 0 Å². The number of carbonyl (C=O) groups excluding carboxylic acids is 1. The normalized spacial score (nSPS) is 12.9. The molecule has 0 bridgehead atoms. The topological polar surface area (TPSA) is 69.6 Å². The third-order valence-corrected chi connectivity index (χ3v) is 13.2. The summed E-state index contributed by atoms with van der Waals surface area (Å²) in [6.45, 7) is 4.25. The van der Waals surface area contributed by atoms with E-state index in [0.717, 1.165) is 32.1 Å². The summed E-state index contributed by atoms with van der Waals surface area (Å²) in [5.41, 5.74) is 0. The Kier molecular flexibility index (Phi) is 52.2. The summed E-state index contributed by atoms with van der Waals surface area (Å²) in [5, 5.41) is 22.8. The molecule has 0 heterocycles. The second kappa shape index (κ2) is 53.2. The van der Waals surface area contributed by atoms with Gasteiger partial charge >= 0.3 is 0 Å². The molecule has 0 aromatic heterocycles. The minimum Gasteiger partial charge on any atom is -0.394 e. The zero-order valence-electron chi connectivity index (χ0n) is 41.7. The lowest BCUT2D eigenvalue weighted by Gasteiger charge is -2.19. The molecular weight excluding hydrogens is 747 g/mol. The van der Waals surface area contributed by atoms with E-state index in [0.29, 0.717) is 6.42 Å². The van der Waals surface area contributed by atoms with Crippen LogP contribution < -0.4 is 5.32 Å². The minimum atomic E-state index is -0.856. The highest BCUT2D eigenvalue weighted by Gasteiger charge is 2.18. The Morgan fingerprint density at radius 2 is 0.639 bits per heavy atom. The van der Waals surface area contributed by atoms with E-state index >= 15 is 0 Å². The maximum Gasteiger partial charge on any atom is 0.220 e. The second-order valence-electron chi connectivity index (χ2n) is 19.4. The lowest BCUT2D eigenvalue weighted by atomic mass is 10.0. The SMILES string of the molecule is CCCC/C=C/CC/C=C/C(O)C(CO)NC(=O)CCCCCCCCCCCCCCCCCCCCCCCCCCCCCCCCCCCCCCCCCCC. The maximum absolute atomic E-state index is 12.3. The van der Waals surface area contributed by atoms with E-state index in [1.165, 1.54) is 263 Å². The van der Waals surface area contributed by atoms with E-state index in [9.17, 15) is 15.0 Å². The number of amides is 1. The van der Waals surface area contributed by atoms with E-state index in [1.807, 2.05) is 6.08 Å². The first-order valence-electron chi connectivity index (χ1n) is 28.1. The molecule has 3 N–H and O–H groups in total. The number of rotatable bonds is 52. The number of allylic oxidation sites excluding steroid dienone is 3. The number of carbonyl (C=O) groups is 1. The van der Waals surface area contributed by atoms with Gasteiger partial charge in [-0.2, -0.15) is 0 Å². The number of hydrogen-bond acceptors (Lipinski definition) is 3. The second-order valence-corrected chi connectivity index (χ2v) is 19.4. The van der Waals surface area contributed by atoms with E-state index in [-0.39, 0.29) is 12.5 Å². The van der Waals surface area contributed by atoms with Gasteiger partial charge in [-0.1, -0.05) is 308 Å². The fourth-order valence-electron chi connectivity index (χ4n) is 8.89. The van der Waals surface area contributed by atoms with Crippen molar-refractivity contribution in [3.05, 3.63) is 24.3 Å². The molecule has 362 valence electrons. The quantitative estimate of drug-likeness (QED) is 0.0422. The molecule has 0 rings (SSSR count). The smallest absolute Gasteiger partial charge is 0.220 e. The fraction of sp³-hybridized carbons (Fsp3) is 0.912. The molecule has 61 heavy (non-hydrogen) atoms. The number of unbranched alkanes of at least 4 members (excludes halogenated alkanes) is 43. The average molecular weight is 859 g/mol. The third-order valence-electron chi connectivity index (χ3n) is 13.2. The van der Waals surface area contributed by atoms with E-state index in [1.54, 1.807) is 6.08 Å². The van der Waals surface area contributed by atoms with Crippen LogP contribution in [0.15, 0.2) is 24.3 Å². The van der Waals surface area contributed by atoms with Crippen molar-refractivity contribution >= 4 is 5.91 Å². The predicted molar refractivity (Wildman–Crippen MR) is 272 cm³/mol. The molecule has 0 aromatic rings. The molecule has 4 nitrogen and oxygen atoms in total. The number of hydrogen-bond donors (Lipinski definition) is 3. The summed E-state index contributed by atoms with van der Waals surface area (Å²) in [6, 6.07) is -0.633. The zero-order chi connectivity index (χ0) is 44.2. The summed E-state index contributed by atoms with van der Waals surface area (Å²) in [7, 11) is 0. The largest absolute Gasteiger partial charge is 0.394 e. The van der Waals surface area contributed by atoms with Crippen LogP contribution in [0.4, 0.5) is 0 Å². The van der Waals surface area contributed by atoms with Gasteiger partial charge in [0.05, 0.1) is 18.8 Å². The van der Waals surface area contributed by atoms with Crippen molar-refractivity contribution in [1.82, 2.24) is 5.32 Å². The van der Waals surface area contributed by atoms with Crippen LogP contribution >= 0.6 is 0 Å². The van der Waals surface area contributed by atoms with Crippen molar-refractivity contribution in [2.45, 2.75) is 328 Å². The summed E-state index contributed by atoms with van der Waals surface area (Å²) in [6.07, 6.45) is 71.1. The van der Waals surface area contributed by atoms with Gasteiger partial charge in [0.2, 0.25) is 5.91 Å². The standard InChI is InChI=1S/C57H111NO3/c1-3-5-7-9-11-13-14-15-16-17-18-19-20-21-22-23-24-25-26-27-28-29-30-31-32-33-34-35-36-37-38-39-40-41-42-43-44-45-47-49-51-53-57(61)58-55(54-59)56(60)52-50-48-46-12-10-8-6-4-2/h10,12,50,52,55-56,59-60H,3-9,11,13-49,51,53-54H2,1-2H3,(H,58,61)/b12-10+,52-50+. The fourth-order valence-corrected chi connectivity index (χ4v) is 8.89. The molecule has 0 aromatic carbocycles. The molecule has 0 spiro atoms. The van der Waals surface area contributed by atoms with Crippen molar-refractivity contribution in [1.29, 1.82) is 0 Å². The zero-order valence-corrected chi connectivity index (χ0v) is 41.7. The lowest BCUT2D eigenvalue weighted by molar-refractivity contribution is -0.123. The van der Waals surface area contributed by atoms with Gasteiger partial charge in [0.25, 0.3) is 0 Å². The maximum atomic E-state index is 12.3. The molecule has 0 aliphatic carbocycles. The van der Waals surface area contributed by atoms with E-state index < -0.39 is 12.1 Å². The third kappa shape index (κ3) is 49.7. The van der Waals surface area contributed by atoms with Crippen molar-refractivity contribution in [2.75, 3.05) is 6.61 Å². The average Bonchev–Trinajstić information content (AvgIpc) is 3.26. The predicted octanol–water partition coefficient (Wildman–Crippen LogP) is 18.3. The molecule has 1 amide bonds. The van der Waals surface area contributed by atoms with Gasteiger partial charge in [-0.3, -0.25) is 4.79 Å². The Morgan fingerprint density at radius 3 is 0.934 bits per heavy atom. The molecule has 0 saturated heterocycles. The van der Waals surface area contributed by atoms with Crippen LogP contribution in [0.5, 0.6) is 0 Å². The molecule has 0 radical (unpaired) electrons. The molecule has 4 heteroatoms. The van der Waals surface area contributed by atoms with Crippen molar-refractivity contribution in [3.63, 3.8) is 0 Å². The highest BCUT2D eigenvalue weighted by Crippen LogP contribution is 2.18. The van der Waals surface area contributed by atoms with Gasteiger partial charge in [0.1, 0.15) is 0 Å². The Labute approximate surface area is 383 Å².